The summed E-state index contributed by atoms with van der Waals surface area (Å²) in [5.74, 6) is 1.55. The van der Waals surface area contributed by atoms with Crippen LogP contribution in [0.1, 0.15) is 42.6 Å². The number of nitrogens with two attached hydrogens (primary N) is 1. The first-order chi connectivity index (χ1) is 15.1. The lowest BCUT2D eigenvalue weighted by molar-refractivity contribution is -0.710. The van der Waals surface area contributed by atoms with Gasteiger partial charge in [0.05, 0.1) is 6.04 Å². The maximum atomic E-state index is 13.1. The second-order valence-electron chi connectivity index (χ2n) is 7.94. The highest BCUT2D eigenvalue weighted by Crippen LogP contribution is 2.32. The number of hydrogen-bond donors (Lipinski definition) is 2. The molecule has 0 bridgehead atoms. The van der Waals surface area contributed by atoms with Crippen LogP contribution in [0.2, 0.25) is 0 Å². The van der Waals surface area contributed by atoms with Crippen molar-refractivity contribution >= 4 is 5.91 Å². The number of fused-ring (bicyclic) bond motifs is 1. The van der Waals surface area contributed by atoms with Crippen molar-refractivity contribution in [2.75, 3.05) is 13.2 Å². The molecule has 1 aliphatic heterocycles. The van der Waals surface area contributed by atoms with Crippen molar-refractivity contribution in [1.29, 1.82) is 0 Å². The molecule has 0 unspecified atom stereocenters. The zero-order chi connectivity index (χ0) is 21.6. The lowest BCUT2D eigenvalue weighted by Gasteiger charge is -2.23. The molecule has 160 valence electrons. The molecule has 1 amide bonds. The number of nitrogens with one attached hydrogen (secondary N) is 1. The van der Waals surface area contributed by atoms with Crippen molar-refractivity contribution in [3.63, 3.8) is 0 Å². The first-order valence-electron chi connectivity index (χ1n) is 10.8. The summed E-state index contributed by atoms with van der Waals surface area (Å²) < 4.78 is 11.3. The molecule has 0 aromatic heterocycles. The van der Waals surface area contributed by atoms with Crippen molar-refractivity contribution in [2.24, 2.45) is 0 Å². The van der Waals surface area contributed by atoms with Crippen LogP contribution in [0.3, 0.4) is 0 Å². The molecular formula is C26H29N2O3+. The largest absolute Gasteiger partial charge is 0.486 e. The normalized spacial score (nSPS) is 14.7. The van der Waals surface area contributed by atoms with Gasteiger partial charge in [-0.05, 0) is 43.2 Å². The Hall–Kier alpha value is -3.31. The lowest BCUT2D eigenvalue weighted by Crippen LogP contribution is -2.92. The summed E-state index contributed by atoms with van der Waals surface area (Å²) in [5.41, 5.74) is 3.23. The van der Waals surface area contributed by atoms with E-state index in [9.17, 15) is 4.79 Å². The van der Waals surface area contributed by atoms with Crippen LogP contribution in [0.25, 0.3) is 0 Å². The summed E-state index contributed by atoms with van der Waals surface area (Å²) in [5, 5.41) is 5.32. The fourth-order valence-corrected chi connectivity index (χ4v) is 3.90. The van der Waals surface area contributed by atoms with E-state index in [1.165, 1.54) is 0 Å². The van der Waals surface area contributed by atoms with Crippen LogP contribution in [0.15, 0.2) is 78.9 Å². The molecule has 3 aromatic carbocycles. The summed E-state index contributed by atoms with van der Waals surface area (Å²) in [4.78, 5) is 13.1. The van der Waals surface area contributed by atoms with E-state index in [2.05, 4.69) is 17.6 Å². The monoisotopic (exact) mass is 417 g/mol. The van der Waals surface area contributed by atoms with E-state index < -0.39 is 0 Å². The summed E-state index contributed by atoms with van der Waals surface area (Å²) in [6, 6.07) is 25.8. The maximum absolute atomic E-state index is 13.1. The van der Waals surface area contributed by atoms with Crippen molar-refractivity contribution in [2.45, 2.75) is 32.0 Å². The minimum Gasteiger partial charge on any atom is -0.486 e. The van der Waals surface area contributed by atoms with Crippen LogP contribution in [-0.2, 0) is 4.79 Å². The highest BCUT2D eigenvalue weighted by atomic mass is 16.6. The molecule has 5 heteroatoms. The van der Waals surface area contributed by atoms with Gasteiger partial charge < -0.3 is 20.1 Å². The molecule has 0 fully saturated rings. The van der Waals surface area contributed by atoms with Gasteiger partial charge in [0.15, 0.2) is 17.5 Å². The van der Waals surface area contributed by atoms with E-state index in [-0.39, 0.29) is 24.0 Å². The molecular weight excluding hydrogens is 388 g/mol. The average Bonchev–Trinajstić information content (AvgIpc) is 2.83. The Kier molecular flexibility index (Phi) is 6.53. The number of hydrogen-bond acceptors (Lipinski definition) is 3. The van der Waals surface area contributed by atoms with Crippen LogP contribution in [0.5, 0.6) is 11.5 Å². The third kappa shape index (κ3) is 5.06. The average molecular weight is 418 g/mol. The van der Waals surface area contributed by atoms with E-state index >= 15 is 0 Å². The fraction of sp³-hybridized carbons (Fsp3) is 0.269. The van der Waals surface area contributed by atoms with Crippen molar-refractivity contribution < 1.29 is 19.6 Å². The van der Waals surface area contributed by atoms with E-state index in [0.717, 1.165) is 28.2 Å². The highest BCUT2D eigenvalue weighted by molar-refractivity contribution is 5.80. The van der Waals surface area contributed by atoms with Crippen LogP contribution < -0.4 is 20.1 Å². The van der Waals surface area contributed by atoms with Crippen molar-refractivity contribution in [3.05, 3.63) is 95.6 Å². The molecule has 0 saturated heterocycles. The van der Waals surface area contributed by atoms with Gasteiger partial charge in [0.1, 0.15) is 19.3 Å². The Morgan fingerprint density at radius 3 is 2.00 bits per heavy atom. The molecule has 0 radical (unpaired) electrons. The number of ether oxygens (including phenoxy) is 2. The van der Waals surface area contributed by atoms with Gasteiger partial charge in [0.25, 0.3) is 5.91 Å². The molecule has 1 aliphatic rings. The number of quaternary nitrogens is 1. The van der Waals surface area contributed by atoms with Gasteiger partial charge in [0, 0.05) is 5.56 Å². The first kappa shape index (κ1) is 20.9. The minimum atomic E-state index is -0.252. The third-order valence-electron chi connectivity index (χ3n) is 5.64. The fourth-order valence-electron chi connectivity index (χ4n) is 3.90. The zero-order valence-electron chi connectivity index (χ0n) is 18.0. The van der Waals surface area contributed by atoms with Gasteiger partial charge in [-0.15, -0.1) is 0 Å². The molecule has 1 heterocycles. The molecule has 2 atom stereocenters. The molecule has 3 N–H and O–H groups in total. The first-order valence-corrected chi connectivity index (χ1v) is 10.8. The Morgan fingerprint density at radius 2 is 1.39 bits per heavy atom. The Balaban J connectivity index is 1.45. The van der Waals surface area contributed by atoms with Gasteiger partial charge in [-0.25, -0.2) is 0 Å². The van der Waals surface area contributed by atoms with Gasteiger partial charge in [-0.3, -0.25) is 4.79 Å². The lowest BCUT2D eigenvalue weighted by atomic mass is 9.98. The van der Waals surface area contributed by atoms with Gasteiger partial charge in [0.2, 0.25) is 0 Å². The Morgan fingerprint density at radius 1 is 0.806 bits per heavy atom. The second-order valence-corrected chi connectivity index (χ2v) is 7.94. The van der Waals surface area contributed by atoms with Crippen LogP contribution in [0.4, 0.5) is 0 Å². The van der Waals surface area contributed by atoms with E-state index in [0.29, 0.717) is 13.2 Å². The second kappa shape index (κ2) is 9.67. The SMILES string of the molecule is C[C@H]([NH2+][C@H](C)C(=O)NC(c1ccccc1)c1ccccc1)c1ccc2c(c1)OCCO2. The zero-order valence-corrected chi connectivity index (χ0v) is 18.0. The molecule has 3 aromatic rings. The molecule has 0 saturated carbocycles. The summed E-state index contributed by atoms with van der Waals surface area (Å²) in [7, 11) is 0. The van der Waals surface area contributed by atoms with Crippen molar-refractivity contribution in [3.8, 4) is 11.5 Å². The Bertz CT molecular complexity index is 968. The van der Waals surface area contributed by atoms with E-state index in [1.807, 2.05) is 85.8 Å². The van der Waals surface area contributed by atoms with Gasteiger partial charge in [-0.2, -0.15) is 0 Å². The predicted octanol–water partition coefficient (Wildman–Crippen LogP) is 3.38. The summed E-state index contributed by atoms with van der Waals surface area (Å²) in [6.07, 6.45) is 0. The number of carbonyl (C=O) groups excluding carboxylic acids is 1. The van der Waals surface area contributed by atoms with E-state index in [4.69, 9.17) is 9.47 Å². The smallest absolute Gasteiger partial charge is 0.278 e. The predicted molar refractivity (Wildman–Crippen MR) is 120 cm³/mol. The van der Waals surface area contributed by atoms with Crippen LogP contribution in [-0.4, -0.2) is 25.2 Å². The maximum Gasteiger partial charge on any atom is 0.278 e. The number of rotatable bonds is 7. The standard InChI is InChI=1S/C26H28N2O3/c1-18(22-13-14-23-24(17-22)31-16-15-30-23)27-19(2)26(29)28-25(20-9-5-3-6-10-20)21-11-7-4-8-12-21/h3-14,17-19,25,27H,15-16H2,1-2H3,(H,28,29)/p+1/t18-,19+/m0/s1. The molecule has 0 aliphatic carbocycles. The van der Waals surface area contributed by atoms with Crippen LogP contribution >= 0.6 is 0 Å². The minimum absolute atomic E-state index is 0.00194. The molecule has 0 spiro atoms. The quantitative estimate of drug-likeness (QED) is 0.620. The summed E-state index contributed by atoms with van der Waals surface area (Å²) >= 11 is 0. The molecule has 4 rings (SSSR count). The van der Waals surface area contributed by atoms with E-state index in [1.54, 1.807) is 0 Å². The van der Waals surface area contributed by atoms with Gasteiger partial charge in [-0.1, -0.05) is 60.7 Å². The third-order valence-corrected chi connectivity index (χ3v) is 5.64. The summed E-state index contributed by atoms with van der Waals surface area (Å²) in [6.45, 7) is 5.18. The number of benzene rings is 3. The topological polar surface area (TPSA) is 64.2 Å². The molecule has 5 nitrogen and oxygen atoms in total. The van der Waals surface area contributed by atoms with Gasteiger partial charge >= 0.3 is 0 Å². The van der Waals surface area contributed by atoms with Crippen LogP contribution in [0, 0.1) is 0 Å². The highest BCUT2D eigenvalue weighted by Gasteiger charge is 2.25. The van der Waals surface area contributed by atoms with Crippen molar-refractivity contribution in [1.82, 2.24) is 5.32 Å². The Labute approximate surface area is 183 Å². The molecule has 31 heavy (non-hydrogen) atoms. The number of amides is 1. The number of carbonyl (C=O) groups is 1.